The molecule has 0 radical (unpaired) electrons. The van der Waals surface area contributed by atoms with Gasteiger partial charge in [0, 0.05) is 18.8 Å². The number of pyridine rings is 1. The molecule has 0 fully saturated rings. The predicted octanol–water partition coefficient (Wildman–Crippen LogP) is 2.07. The lowest BCUT2D eigenvalue weighted by Gasteiger charge is -2.14. The fourth-order valence-corrected chi connectivity index (χ4v) is 2.48. The van der Waals surface area contributed by atoms with Crippen molar-refractivity contribution in [2.24, 2.45) is 0 Å². The minimum atomic E-state index is -0.475. The molecule has 0 aliphatic heterocycles. The minimum absolute atomic E-state index is 0.00985. The Labute approximate surface area is 150 Å². The number of ether oxygens (including phenoxy) is 1. The molecule has 0 saturated carbocycles. The summed E-state index contributed by atoms with van der Waals surface area (Å²) >= 11 is 0. The third-order valence-corrected chi connectivity index (χ3v) is 3.82. The number of nitrogens with one attached hydrogen (secondary N) is 1. The zero-order chi connectivity index (χ0) is 18.4. The van der Waals surface area contributed by atoms with Crippen molar-refractivity contribution in [3.63, 3.8) is 0 Å². The van der Waals surface area contributed by atoms with Gasteiger partial charge < -0.3 is 15.9 Å². The van der Waals surface area contributed by atoms with E-state index in [9.17, 15) is 9.59 Å². The molecule has 6 heteroatoms. The van der Waals surface area contributed by atoms with Crippen LogP contribution >= 0.6 is 0 Å². The van der Waals surface area contributed by atoms with Gasteiger partial charge in [-0.2, -0.15) is 0 Å². The van der Waals surface area contributed by atoms with E-state index < -0.39 is 11.3 Å². The standard InChI is InChI=1S/C20H19N3O3/c21-23-12-11-17(24)19(26-14-16-9-5-2-6-10-16)18(23)20(25)22-13-15-7-3-1-4-8-15/h1-12H,13-14,21H2,(H,22,25). The molecule has 0 unspecified atom stereocenters. The van der Waals surface area contributed by atoms with Crippen molar-refractivity contribution in [3.05, 3.63) is 100.0 Å². The Morgan fingerprint density at radius 3 is 2.23 bits per heavy atom. The van der Waals surface area contributed by atoms with Crippen molar-refractivity contribution in [2.75, 3.05) is 5.84 Å². The van der Waals surface area contributed by atoms with Gasteiger partial charge in [-0.25, -0.2) is 0 Å². The highest BCUT2D eigenvalue weighted by Gasteiger charge is 2.19. The molecule has 0 bridgehead atoms. The number of nitrogens with two attached hydrogens (primary N) is 1. The van der Waals surface area contributed by atoms with Crippen LogP contribution < -0.4 is 21.3 Å². The third-order valence-electron chi connectivity index (χ3n) is 3.82. The molecule has 6 nitrogen and oxygen atoms in total. The number of aromatic nitrogens is 1. The van der Waals surface area contributed by atoms with E-state index >= 15 is 0 Å². The third kappa shape index (κ3) is 4.10. The molecule has 0 spiro atoms. The molecular formula is C20H19N3O3. The molecule has 2 aromatic carbocycles. The maximum atomic E-state index is 12.6. The first-order valence-electron chi connectivity index (χ1n) is 8.15. The molecule has 3 N–H and O–H groups in total. The van der Waals surface area contributed by atoms with E-state index in [0.717, 1.165) is 15.8 Å². The normalized spacial score (nSPS) is 10.3. The summed E-state index contributed by atoms with van der Waals surface area (Å²) in [5.74, 6) is 5.33. The molecule has 0 aliphatic rings. The summed E-state index contributed by atoms with van der Waals surface area (Å²) in [6.45, 7) is 0.486. The van der Waals surface area contributed by atoms with Crippen molar-refractivity contribution in [2.45, 2.75) is 13.2 Å². The first-order valence-corrected chi connectivity index (χ1v) is 8.15. The summed E-state index contributed by atoms with van der Waals surface area (Å²) in [6.07, 6.45) is 1.34. The van der Waals surface area contributed by atoms with Gasteiger partial charge in [0.2, 0.25) is 5.43 Å². The average molecular weight is 349 g/mol. The van der Waals surface area contributed by atoms with Crippen LogP contribution in [0, 0.1) is 0 Å². The summed E-state index contributed by atoms with van der Waals surface area (Å²) in [4.78, 5) is 24.8. The van der Waals surface area contributed by atoms with Gasteiger partial charge in [0.1, 0.15) is 6.61 Å². The van der Waals surface area contributed by atoms with Gasteiger partial charge >= 0.3 is 0 Å². The molecule has 26 heavy (non-hydrogen) atoms. The molecular weight excluding hydrogens is 330 g/mol. The number of amides is 1. The van der Waals surface area contributed by atoms with Crippen LogP contribution in [0.2, 0.25) is 0 Å². The minimum Gasteiger partial charge on any atom is -0.482 e. The van der Waals surface area contributed by atoms with Crippen molar-refractivity contribution < 1.29 is 9.53 Å². The number of nitrogen functional groups attached to an aromatic ring is 1. The van der Waals surface area contributed by atoms with Crippen molar-refractivity contribution >= 4 is 5.91 Å². The van der Waals surface area contributed by atoms with E-state index in [2.05, 4.69) is 5.32 Å². The van der Waals surface area contributed by atoms with E-state index in [1.165, 1.54) is 12.3 Å². The molecule has 1 heterocycles. The smallest absolute Gasteiger partial charge is 0.274 e. The summed E-state index contributed by atoms with van der Waals surface area (Å²) in [7, 11) is 0. The van der Waals surface area contributed by atoms with Crippen LogP contribution in [0.3, 0.4) is 0 Å². The Morgan fingerprint density at radius 1 is 0.962 bits per heavy atom. The largest absolute Gasteiger partial charge is 0.482 e. The molecule has 3 aromatic rings. The first kappa shape index (κ1) is 17.3. The van der Waals surface area contributed by atoms with Crippen LogP contribution in [-0.2, 0) is 13.2 Å². The van der Waals surface area contributed by atoms with E-state index in [1.807, 2.05) is 60.7 Å². The van der Waals surface area contributed by atoms with Crippen LogP contribution in [0.1, 0.15) is 21.6 Å². The van der Waals surface area contributed by atoms with Gasteiger partial charge in [0.15, 0.2) is 11.4 Å². The van der Waals surface area contributed by atoms with Crippen LogP contribution in [0.5, 0.6) is 5.75 Å². The molecule has 0 saturated heterocycles. The van der Waals surface area contributed by atoms with E-state index in [1.54, 1.807) is 0 Å². The van der Waals surface area contributed by atoms with Gasteiger partial charge in [-0.15, -0.1) is 0 Å². The summed E-state index contributed by atoms with van der Waals surface area (Å²) < 4.78 is 6.73. The number of rotatable bonds is 6. The Hall–Kier alpha value is -3.54. The Bertz CT molecular complexity index is 938. The van der Waals surface area contributed by atoms with E-state index in [-0.39, 0.29) is 18.1 Å². The lowest BCUT2D eigenvalue weighted by Crippen LogP contribution is -2.32. The molecule has 0 atom stereocenters. The van der Waals surface area contributed by atoms with Crippen LogP contribution in [0.15, 0.2) is 77.7 Å². The molecule has 132 valence electrons. The Kier molecular flexibility index (Phi) is 5.34. The lowest BCUT2D eigenvalue weighted by molar-refractivity contribution is 0.0937. The highest BCUT2D eigenvalue weighted by molar-refractivity contribution is 5.95. The van der Waals surface area contributed by atoms with E-state index in [4.69, 9.17) is 10.6 Å². The monoisotopic (exact) mass is 349 g/mol. The Balaban J connectivity index is 1.80. The SMILES string of the molecule is Nn1ccc(=O)c(OCc2ccccc2)c1C(=O)NCc1ccccc1. The van der Waals surface area contributed by atoms with Crippen LogP contribution in [0.4, 0.5) is 0 Å². The fraction of sp³-hybridized carbons (Fsp3) is 0.100. The van der Waals surface area contributed by atoms with Gasteiger partial charge in [-0.05, 0) is 11.1 Å². The zero-order valence-corrected chi connectivity index (χ0v) is 14.1. The maximum Gasteiger partial charge on any atom is 0.274 e. The van der Waals surface area contributed by atoms with Crippen LogP contribution in [0.25, 0.3) is 0 Å². The zero-order valence-electron chi connectivity index (χ0n) is 14.1. The average Bonchev–Trinajstić information content (AvgIpc) is 2.68. The number of hydrogen-bond donors (Lipinski definition) is 2. The second-order valence-electron chi connectivity index (χ2n) is 5.71. The van der Waals surface area contributed by atoms with Crippen molar-refractivity contribution in [1.29, 1.82) is 0 Å². The number of carbonyl (C=O) groups is 1. The topological polar surface area (TPSA) is 86.3 Å². The second kappa shape index (κ2) is 8.02. The number of nitrogens with zero attached hydrogens (tertiary/aromatic N) is 1. The number of hydrogen-bond acceptors (Lipinski definition) is 4. The Morgan fingerprint density at radius 2 is 1.58 bits per heavy atom. The van der Waals surface area contributed by atoms with Crippen LogP contribution in [-0.4, -0.2) is 10.6 Å². The van der Waals surface area contributed by atoms with Crippen molar-refractivity contribution in [1.82, 2.24) is 9.99 Å². The van der Waals surface area contributed by atoms with Gasteiger partial charge in [-0.3, -0.25) is 14.3 Å². The van der Waals surface area contributed by atoms with Crippen molar-refractivity contribution in [3.8, 4) is 5.75 Å². The van der Waals surface area contributed by atoms with E-state index in [0.29, 0.717) is 6.54 Å². The first-order chi connectivity index (χ1) is 12.6. The quantitative estimate of drug-likeness (QED) is 0.667. The summed E-state index contributed by atoms with van der Waals surface area (Å²) in [5.41, 5.74) is 1.42. The van der Waals surface area contributed by atoms with Gasteiger partial charge in [0.25, 0.3) is 5.91 Å². The summed E-state index contributed by atoms with van der Waals surface area (Å²) in [5, 5.41) is 2.76. The maximum absolute atomic E-state index is 12.6. The molecule has 1 aromatic heterocycles. The highest BCUT2D eigenvalue weighted by atomic mass is 16.5. The fourth-order valence-electron chi connectivity index (χ4n) is 2.48. The predicted molar refractivity (Wildman–Crippen MR) is 99.2 cm³/mol. The number of carbonyl (C=O) groups excluding carboxylic acids is 1. The van der Waals surface area contributed by atoms with Gasteiger partial charge in [0.05, 0.1) is 0 Å². The molecule has 0 aliphatic carbocycles. The molecule has 3 rings (SSSR count). The highest BCUT2D eigenvalue weighted by Crippen LogP contribution is 2.14. The number of benzene rings is 2. The lowest BCUT2D eigenvalue weighted by atomic mass is 10.2. The van der Waals surface area contributed by atoms with Gasteiger partial charge in [-0.1, -0.05) is 60.7 Å². The molecule has 1 amide bonds. The second-order valence-corrected chi connectivity index (χ2v) is 5.71. The summed E-state index contributed by atoms with van der Waals surface area (Å²) in [6, 6.07) is 20.1.